The van der Waals surface area contributed by atoms with Crippen LogP contribution in [-0.2, 0) is 9.59 Å². The summed E-state index contributed by atoms with van der Waals surface area (Å²) in [6.07, 6.45) is 1.09. The van der Waals surface area contributed by atoms with E-state index in [-0.39, 0.29) is 5.57 Å². The lowest BCUT2D eigenvalue weighted by Gasteiger charge is -2.07. The van der Waals surface area contributed by atoms with E-state index < -0.39 is 17.9 Å². The molecule has 1 atom stereocenters. The molecule has 0 bridgehead atoms. The van der Waals surface area contributed by atoms with Crippen LogP contribution < -0.4 is 10.6 Å². The number of benzene rings is 1. The van der Waals surface area contributed by atoms with Crippen molar-refractivity contribution in [1.82, 2.24) is 5.32 Å². The lowest BCUT2D eigenvalue weighted by atomic mass is 10.2. The van der Waals surface area contributed by atoms with E-state index >= 15 is 0 Å². The molecule has 0 radical (unpaired) electrons. The molecular weight excluding hydrogens is 326 g/mol. The van der Waals surface area contributed by atoms with Gasteiger partial charge in [0.1, 0.15) is 17.7 Å². The molecule has 0 aromatic heterocycles. The van der Waals surface area contributed by atoms with Crippen LogP contribution >= 0.6 is 15.9 Å². The van der Waals surface area contributed by atoms with Crippen molar-refractivity contribution in [3.05, 3.63) is 40.5 Å². The van der Waals surface area contributed by atoms with Gasteiger partial charge >= 0.3 is 5.97 Å². The van der Waals surface area contributed by atoms with Crippen LogP contribution in [0.1, 0.15) is 6.92 Å². The number of amides is 1. The third kappa shape index (κ3) is 4.74. The van der Waals surface area contributed by atoms with Crippen LogP contribution in [0.15, 0.2) is 40.5 Å². The molecule has 1 aromatic rings. The Bertz CT molecular complexity index is 576. The topological polar surface area (TPSA) is 102 Å². The van der Waals surface area contributed by atoms with E-state index in [0.29, 0.717) is 5.69 Å². The molecule has 0 aliphatic heterocycles. The number of hydrogen-bond donors (Lipinski definition) is 3. The molecule has 0 spiro atoms. The molecule has 6 nitrogen and oxygen atoms in total. The van der Waals surface area contributed by atoms with Crippen molar-refractivity contribution >= 4 is 33.5 Å². The van der Waals surface area contributed by atoms with E-state index in [1.807, 2.05) is 0 Å². The highest BCUT2D eigenvalue weighted by molar-refractivity contribution is 9.10. The zero-order valence-electron chi connectivity index (χ0n) is 10.6. The molecule has 20 heavy (non-hydrogen) atoms. The molecule has 104 valence electrons. The van der Waals surface area contributed by atoms with E-state index in [9.17, 15) is 9.59 Å². The molecule has 1 rings (SSSR count). The molecular formula is C13H12BrN3O3. The molecule has 7 heteroatoms. The van der Waals surface area contributed by atoms with E-state index in [0.717, 1.165) is 10.7 Å². The number of aliphatic carboxylic acids is 1. The number of nitriles is 1. The minimum Gasteiger partial charge on any atom is -0.480 e. The molecule has 0 saturated carbocycles. The van der Waals surface area contributed by atoms with Gasteiger partial charge < -0.3 is 15.7 Å². The normalized spacial score (nSPS) is 12.2. The van der Waals surface area contributed by atoms with Crippen molar-refractivity contribution < 1.29 is 14.7 Å². The van der Waals surface area contributed by atoms with Gasteiger partial charge in [0.15, 0.2) is 0 Å². The monoisotopic (exact) mass is 337 g/mol. The van der Waals surface area contributed by atoms with E-state index in [4.69, 9.17) is 10.4 Å². The van der Waals surface area contributed by atoms with Crippen molar-refractivity contribution in [3.8, 4) is 6.07 Å². The number of anilines is 1. The third-order valence-corrected chi connectivity index (χ3v) is 2.84. The number of nitrogens with zero attached hydrogens (tertiary/aromatic N) is 1. The van der Waals surface area contributed by atoms with Gasteiger partial charge in [-0.15, -0.1) is 0 Å². The Morgan fingerprint density at radius 3 is 2.50 bits per heavy atom. The van der Waals surface area contributed by atoms with Crippen LogP contribution in [0, 0.1) is 11.3 Å². The Kier molecular flexibility index (Phi) is 5.74. The zero-order chi connectivity index (χ0) is 15.1. The summed E-state index contributed by atoms with van der Waals surface area (Å²) in [7, 11) is 0. The molecule has 0 aliphatic rings. The first-order valence-corrected chi connectivity index (χ1v) is 6.39. The minimum absolute atomic E-state index is 0.207. The SMILES string of the molecule is CC(N/C=C(/C#N)C(=O)Nc1ccc(Br)cc1)C(=O)O. The second-order valence-electron chi connectivity index (χ2n) is 3.86. The summed E-state index contributed by atoms with van der Waals surface area (Å²) in [6.45, 7) is 1.40. The van der Waals surface area contributed by atoms with Gasteiger partial charge in [-0.2, -0.15) is 5.26 Å². The number of hydrogen-bond acceptors (Lipinski definition) is 4. The fraction of sp³-hybridized carbons (Fsp3) is 0.154. The van der Waals surface area contributed by atoms with Crippen LogP contribution in [-0.4, -0.2) is 23.0 Å². The Morgan fingerprint density at radius 2 is 2.00 bits per heavy atom. The number of carboxylic acids is 1. The highest BCUT2D eigenvalue weighted by atomic mass is 79.9. The average molecular weight is 338 g/mol. The number of carbonyl (C=O) groups excluding carboxylic acids is 1. The molecule has 3 N–H and O–H groups in total. The minimum atomic E-state index is -1.08. The summed E-state index contributed by atoms with van der Waals surface area (Å²) >= 11 is 3.27. The van der Waals surface area contributed by atoms with E-state index in [2.05, 4.69) is 26.6 Å². The summed E-state index contributed by atoms with van der Waals surface area (Å²) in [5.74, 6) is -1.69. The lowest BCUT2D eigenvalue weighted by Crippen LogP contribution is -2.30. The Morgan fingerprint density at radius 1 is 1.40 bits per heavy atom. The van der Waals surface area contributed by atoms with Crippen molar-refractivity contribution in [2.45, 2.75) is 13.0 Å². The quantitative estimate of drug-likeness (QED) is 0.562. The van der Waals surface area contributed by atoms with Gasteiger partial charge in [-0.3, -0.25) is 9.59 Å². The van der Waals surface area contributed by atoms with Crippen LogP contribution in [0.2, 0.25) is 0 Å². The third-order valence-electron chi connectivity index (χ3n) is 2.32. The van der Waals surface area contributed by atoms with E-state index in [1.54, 1.807) is 30.3 Å². The van der Waals surface area contributed by atoms with Gasteiger partial charge in [0.05, 0.1) is 0 Å². The second-order valence-corrected chi connectivity index (χ2v) is 4.77. The Labute approximate surface area is 124 Å². The largest absolute Gasteiger partial charge is 0.480 e. The van der Waals surface area contributed by atoms with Crippen molar-refractivity contribution in [3.63, 3.8) is 0 Å². The summed E-state index contributed by atoms with van der Waals surface area (Å²) < 4.78 is 0.864. The predicted octanol–water partition coefficient (Wildman–Crippen LogP) is 1.86. The van der Waals surface area contributed by atoms with E-state index in [1.165, 1.54) is 6.92 Å². The second kappa shape index (κ2) is 7.31. The summed E-state index contributed by atoms with van der Waals surface area (Å²) in [5, 5.41) is 22.6. The molecule has 0 fully saturated rings. The average Bonchev–Trinajstić information content (AvgIpc) is 2.41. The van der Waals surface area contributed by atoms with Crippen LogP contribution in [0.4, 0.5) is 5.69 Å². The molecule has 0 heterocycles. The molecule has 1 amide bonds. The highest BCUT2D eigenvalue weighted by Crippen LogP contribution is 2.14. The maximum atomic E-state index is 11.8. The van der Waals surface area contributed by atoms with Crippen molar-refractivity contribution in [1.29, 1.82) is 5.26 Å². The number of carbonyl (C=O) groups is 2. The van der Waals surface area contributed by atoms with Crippen LogP contribution in [0.25, 0.3) is 0 Å². The van der Waals surface area contributed by atoms with Gasteiger partial charge in [-0.05, 0) is 31.2 Å². The number of halogens is 1. The number of carboxylic acid groups (broad SMARTS) is 1. The van der Waals surface area contributed by atoms with Gasteiger partial charge in [-0.1, -0.05) is 15.9 Å². The standard InChI is InChI=1S/C13H12BrN3O3/c1-8(13(19)20)16-7-9(6-15)12(18)17-11-4-2-10(14)3-5-11/h2-5,7-8,16H,1H3,(H,17,18)(H,19,20)/b9-7-. The Balaban J connectivity index is 2.73. The lowest BCUT2D eigenvalue weighted by molar-refractivity contribution is -0.138. The van der Waals surface area contributed by atoms with Crippen LogP contribution in [0.5, 0.6) is 0 Å². The number of nitrogens with one attached hydrogen (secondary N) is 2. The molecule has 1 unspecified atom stereocenters. The summed E-state index contributed by atoms with van der Waals surface area (Å²) in [6, 6.07) is 7.66. The zero-order valence-corrected chi connectivity index (χ0v) is 12.1. The molecule has 0 saturated heterocycles. The summed E-state index contributed by atoms with van der Waals surface area (Å²) in [4.78, 5) is 22.4. The summed E-state index contributed by atoms with van der Waals surface area (Å²) in [5.41, 5.74) is 0.326. The fourth-order valence-corrected chi connectivity index (χ4v) is 1.42. The van der Waals surface area contributed by atoms with Gasteiger partial charge in [0, 0.05) is 16.4 Å². The van der Waals surface area contributed by atoms with Crippen molar-refractivity contribution in [2.24, 2.45) is 0 Å². The first-order valence-electron chi connectivity index (χ1n) is 5.60. The first-order chi connectivity index (χ1) is 9.43. The van der Waals surface area contributed by atoms with Gasteiger partial charge in [-0.25, -0.2) is 0 Å². The first kappa shape index (κ1) is 15.7. The van der Waals surface area contributed by atoms with Crippen LogP contribution in [0.3, 0.4) is 0 Å². The van der Waals surface area contributed by atoms with Crippen molar-refractivity contribution in [2.75, 3.05) is 5.32 Å². The molecule has 1 aromatic carbocycles. The number of rotatable bonds is 5. The molecule has 0 aliphatic carbocycles. The maximum Gasteiger partial charge on any atom is 0.325 e. The van der Waals surface area contributed by atoms with Gasteiger partial charge in [0.2, 0.25) is 0 Å². The Hall–Kier alpha value is -2.33. The fourth-order valence-electron chi connectivity index (χ4n) is 1.16. The van der Waals surface area contributed by atoms with Gasteiger partial charge in [0.25, 0.3) is 5.91 Å². The smallest absolute Gasteiger partial charge is 0.325 e. The maximum absolute atomic E-state index is 11.8. The predicted molar refractivity (Wildman–Crippen MR) is 76.7 cm³/mol. The highest BCUT2D eigenvalue weighted by Gasteiger charge is 2.12.